The highest BCUT2D eigenvalue weighted by atomic mass is 79.9. The van der Waals surface area contributed by atoms with Crippen LogP contribution >= 0.6 is 27.3 Å². The molecule has 0 spiro atoms. The quantitative estimate of drug-likeness (QED) is 0.795. The van der Waals surface area contributed by atoms with Gasteiger partial charge in [-0.05, 0) is 48.3 Å². The Morgan fingerprint density at radius 2 is 2.25 bits per heavy atom. The van der Waals surface area contributed by atoms with E-state index in [2.05, 4.69) is 52.2 Å². The first-order valence-electron chi connectivity index (χ1n) is 6.97. The maximum atomic E-state index is 5.47. The zero-order valence-electron chi connectivity index (χ0n) is 12.0. The van der Waals surface area contributed by atoms with Crippen LogP contribution in [-0.2, 0) is 0 Å². The maximum absolute atomic E-state index is 5.47. The topological polar surface area (TPSA) is 51.0 Å². The molecule has 2 heterocycles. The van der Waals surface area contributed by atoms with Crippen LogP contribution in [0, 0.1) is 0 Å². The molecule has 0 radical (unpaired) electrons. The minimum absolute atomic E-state index is 0.256. The van der Waals surface area contributed by atoms with E-state index in [1.807, 2.05) is 11.4 Å². The van der Waals surface area contributed by atoms with Crippen LogP contribution in [0.2, 0.25) is 0 Å². The van der Waals surface area contributed by atoms with Crippen LogP contribution in [0.3, 0.4) is 0 Å². The molecule has 4 nitrogen and oxygen atoms in total. The molecule has 2 aromatic rings. The standard InChI is InChI=1S/C14H20BrN3OS/c1-4-6-16-9(3)11(5-2)14-17-13(18-19-14)12-7-10(15)8-20-12/h7-9,11,16H,4-6H2,1-3H3. The third-order valence-electron chi connectivity index (χ3n) is 3.31. The Morgan fingerprint density at radius 3 is 2.85 bits per heavy atom. The fourth-order valence-corrected chi connectivity index (χ4v) is 3.52. The smallest absolute Gasteiger partial charge is 0.231 e. The third-order valence-corrected chi connectivity index (χ3v) is 4.99. The SMILES string of the molecule is CCCNC(C)C(CC)c1nc(-c2cc(Br)cs2)no1. The molecule has 2 aromatic heterocycles. The van der Waals surface area contributed by atoms with Gasteiger partial charge in [0.2, 0.25) is 11.7 Å². The van der Waals surface area contributed by atoms with E-state index >= 15 is 0 Å². The summed E-state index contributed by atoms with van der Waals surface area (Å²) in [5, 5.41) is 9.63. The summed E-state index contributed by atoms with van der Waals surface area (Å²) in [5.41, 5.74) is 0. The second-order valence-electron chi connectivity index (χ2n) is 4.84. The average Bonchev–Trinajstić information content (AvgIpc) is 3.06. The summed E-state index contributed by atoms with van der Waals surface area (Å²) >= 11 is 5.05. The van der Waals surface area contributed by atoms with E-state index in [0.717, 1.165) is 34.6 Å². The Hall–Kier alpha value is -0.720. The Bertz CT molecular complexity index is 540. The van der Waals surface area contributed by atoms with E-state index in [9.17, 15) is 0 Å². The number of thiophene rings is 1. The minimum Gasteiger partial charge on any atom is -0.339 e. The van der Waals surface area contributed by atoms with Crippen LogP contribution in [0.4, 0.5) is 0 Å². The molecular formula is C14H20BrN3OS. The molecule has 6 heteroatoms. The van der Waals surface area contributed by atoms with Crippen LogP contribution in [0.5, 0.6) is 0 Å². The highest BCUT2D eigenvalue weighted by molar-refractivity contribution is 9.10. The normalized spacial score (nSPS) is 14.4. The number of hydrogen-bond donors (Lipinski definition) is 1. The van der Waals surface area contributed by atoms with Gasteiger partial charge < -0.3 is 9.84 Å². The van der Waals surface area contributed by atoms with Gasteiger partial charge in [-0.2, -0.15) is 4.98 Å². The molecule has 0 saturated carbocycles. The van der Waals surface area contributed by atoms with Crippen molar-refractivity contribution in [3.63, 3.8) is 0 Å². The van der Waals surface area contributed by atoms with Crippen molar-refractivity contribution < 1.29 is 4.52 Å². The molecule has 0 saturated heterocycles. The fourth-order valence-electron chi connectivity index (χ4n) is 2.17. The number of nitrogens with one attached hydrogen (secondary N) is 1. The van der Waals surface area contributed by atoms with Crippen molar-refractivity contribution in [2.24, 2.45) is 0 Å². The zero-order valence-corrected chi connectivity index (χ0v) is 14.4. The summed E-state index contributed by atoms with van der Waals surface area (Å²) in [7, 11) is 0. The Labute approximate surface area is 132 Å². The first kappa shape index (κ1) is 15.7. The lowest BCUT2D eigenvalue weighted by Gasteiger charge is -2.20. The summed E-state index contributed by atoms with van der Waals surface area (Å²) < 4.78 is 6.52. The van der Waals surface area contributed by atoms with Crippen molar-refractivity contribution in [3.05, 3.63) is 21.8 Å². The van der Waals surface area contributed by atoms with Gasteiger partial charge in [-0.25, -0.2) is 0 Å². The van der Waals surface area contributed by atoms with E-state index in [0.29, 0.717) is 11.9 Å². The van der Waals surface area contributed by atoms with Gasteiger partial charge in [-0.3, -0.25) is 0 Å². The number of hydrogen-bond acceptors (Lipinski definition) is 5. The Kier molecular flexibility index (Phi) is 5.74. The van der Waals surface area contributed by atoms with Crippen molar-refractivity contribution in [1.82, 2.24) is 15.5 Å². The van der Waals surface area contributed by atoms with Crippen molar-refractivity contribution in [2.75, 3.05) is 6.54 Å². The number of aromatic nitrogens is 2. The summed E-state index contributed by atoms with van der Waals surface area (Å²) in [6.07, 6.45) is 2.10. The molecule has 2 rings (SSSR count). The molecule has 0 aromatic carbocycles. The molecule has 1 N–H and O–H groups in total. The first-order valence-corrected chi connectivity index (χ1v) is 8.64. The van der Waals surface area contributed by atoms with Crippen molar-refractivity contribution in [2.45, 2.75) is 45.6 Å². The van der Waals surface area contributed by atoms with Crippen LogP contribution in [0.25, 0.3) is 10.7 Å². The zero-order chi connectivity index (χ0) is 14.5. The van der Waals surface area contributed by atoms with Crippen molar-refractivity contribution in [1.29, 1.82) is 0 Å². The molecule has 2 unspecified atom stereocenters. The van der Waals surface area contributed by atoms with Gasteiger partial charge in [-0.15, -0.1) is 11.3 Å². The molecule has 0 amide bonds. The predicted molar refractivity (Wildman–Crippen MR) is 86.1 cm³/mol. The lowest BCUT2D eigenvalue weighted by molar-refractivity contribution is 0.316. The van der Waals surface area contributed by atoms with Gasteiger partial charge in [0.1, 0.15) is 0 Å². The van der Waals surface area contributed by atoms with Crippen LogP contribution in [0.15, 0.2) is 20.4 Å². The average molecular weight is 358 g/mol. The first-order chi connectivity index (χ1) is 9.65. The predicted octanol–water partition coefficient (Wildman–Crippen LogP) is 4.44. The lowest BCUT2D eigenvalue weighted by atomic mass is 9.98. The molecule has 0 aliphatic carbocycles. The summed E-state index contributed by atoms with van der Waals surface area (Å²) in [4.78, 5) is 5.59. The van der Waals surface area contributed by atoms with Gasteiger partial charge in [0, 0.05) is 15.9 Å². The van der Waals surface area contributed by atoms with E-state index in [1.54, 1.807) is 11.3 Å². The van der Waals surface area contributed by atoms with E-state index < -0.39 is 0 Å². The molecule has 2 atom stereocenters. The Balaban J connectivity index is 2.13. The second kappa shape index (κ2) is 7.33. The molecule has 110 valence electrons. The number of rotatable bonds is 7. The fraction of sp³-hybridized carbons (Fsp3) is 0.571. The van der Waals surface area contributed by atoms with Gasteiger partial charge in [-0.1, -0.05) is 19.0 Å². The van der Waals surface area contributed by atoms with Crippen LogP contribution in [-0.4, -0.2) is 22.7 Å². The highest BCUT2D eigenvalue weighted by Crippen LogP contribution is 2.30. The van der Waals surface area contributed by atoms with Gasteiger partial charge in [0.25, 0.3) is 0 Å². The molecular weight excluding hydrogens is 338 g/mol. The second-order valence-corrected chi connectivity index (χ2v) is 6.67. The summed E-state index contributed by atoms with van der Waals surface area (Å²) in [6.45, 7) is 7.51. The van der Waals surface area contributed by atoms with Gasteiger partial charge >= 0.3 is 0 Å². The summed E-state index contributed by atoms with van der Waals surface area (Å²) in [5.74, 6) is 1.66. The largest absolute Gasteiger partial charge is 0.339 e. The highest BCUT2D eigenvalue weighted by Gasteiger charge is 2.23. The van der Waals surface area contributed by atoms with E-state index in [4.69, 9.17) is 4.52 Å². The molecule has 0 bridgehead atoms. The Morgan fingerprint density at radius 1 is 1.45 bits per heavy atom. The molecule has 0 fully saturated rings. The van der Waals surface area contributed by atoms with E-state index in [1.165, 1.54) is 0 Å². The lowest BCUT2D eigenvalue weighted by Crippen LogP contribution is -2.32. The van der Waals surface area contributed by atoms with Crippen molar-refractivity contribution in [3.8, 4) is 10.7 Å². The van der Waals surface area contributed by atoms with Crippen LogP contribution in [0.1, 0.15) is 45.4 Å². The minimum atomic E-state index is 0.256. The van der Waals surface area contributed by atoms with Gasteiger partial charge in [0.15, 0.2) is 0 Å². The van der Waals surface area contributed by atoms with Crippen LogP contribution < -0.4 is 5.32 Å². The molecule has 0 aliphatic heterocycles. The number of nitrogens with zero attached hydrogens (tertiary/aromatic N) is 2. The van der Waals surface area contributed by atoms with E-state index in [-0.39, 0.29) is 5.92 Å². The number of halogens is 1. The maximum Gasteiger partial charge on any atom is 0.231 e. The monoisotopic (exact) mass is 357 g/mol. The summed E-state index contributed by atoms with van der Waals surface area (Å²) in [6, 6.07) is 2.35. The molecule has 20 heavy (non-hydrogen) atoms. The van der Waals surface area contributed by atoms with Crippen molar-refractivity contribution >= 4 is 27.3 Å². The van der Waals surface area contributed by atoms with Gasteiger partial charge in [0.05, 0.1) is 10.8 Å². The molecule has 0 aliphatic rings. The third kappa shape index (κ3) is 3.68.